The molecule has 0 aromatic carbocycles. The van der Waals surface area contributed by atoms with Crippen molar-refractivity contribution < 1.29 is 4.79 Å². The van der Waals surface area contributed by atoms with E-state index in [-0.39, 0.29) is 4.45 Å². The number of rotatable bonds is 2. The van der Waals surface area contributed by atoms with Gasteiger partial charge in [0.1, 0.15) is 0 Å². The van der Waals surface area contributed by atoms with Crippen LogP contribution in [0.5, 0.6) is 0 Å². The summed E-state index contributed by atoms with van der Waals surface area (Å²) in [5.74, 6) is 0.891. The van der Waals surface area contributed by atoms with Gasteiger partial charge in [0.15, 0.2) is 0 Å². The third-order valence-electron chi connectivity index (χ3n) is 0.430. The van der Waals surface area contributed by atoms with Crippen LogP contribution in [0.3, 0.4) is 0 Å². The van der Waals surface area contributed by atoms with Crippen LogP contribution in [0.2, 0.25) is 0 Å². The molecule has 0 radical (unpaired) electrons. The van der Waals surface area contributed by atoms with Crippen LogP contribution in [0.1, 0.15) is 13.3 Å². The van der Waals surface area contributed by atoms with E-state index in [0.29, 0.717) is 0 Å². The first-order valence-corrected chi connectivity index (χ1v) is 3.56. The average molecular weight is 136 g/mol. The number of thiol groups is 1. The van der Waals surface area contributed by atoms with E-state index in [1.165, 1.54) is 11.8 Å². The molecule has 0 heterocycles. The molecule has 0 fully saturated rings. The first kappa shape index (κ1) is 7.37. The fourth-order valence-corrected chi connectivity index (χ4v) is 0.842. The van der Waals surface area contributed by atoms with Crippen molar-refractivity contribution in [3.8, 4) is 0 Å². The molecule has 0 rings (SSSR count). The molecule has 3 heteroatoms. The van der Waals surface area contributed by atoms with E-state index in [2.05, 4.69) is 12.6 Å². The molecule has 0 atom stereocenters. The van der Waals surface area contributed by atoms with Crippen molar-refractivity contribution in [2.45, 2.75) is 13.3 Å². The lowest BCUT2D eigenvalue weighted by Gasteiger charge is -1.85. The Hall–Kier alpha value is 0.370. The third-order valence-corrected chi connectivity index (χ3v) is 1.68. The zero-order valence-corrected chi connectivity index (χ0v) is 5.89. The number of hydrogen-bond donors (Lipinski definition) is 1. The first-order valence-electron chi connectivity index (χ1n) is 2.13. The highest BCUT2D eigenvalue weighted by Crippen LogP contribution is 2.06. The molecule has 0 aromatic rings. The van der Waals surface area contributed by atoms with Crippen LogP contribution < -0.4 is 0 Å². The van der Waals surface area contributed by atoms with Gasteiger partial charge in [0, 0.05) is 5.75 Å². The summed E-state index contributed by atoms with van der Waals surface area (Å²) in [6, 6.07) is 0. The molecular weight excluding hydrogens is 128 g/mol. The Bertz CT molecular complexity index is 62.7. The lowest BCUT2D eigenvalue weighted by molar-refractivity contribution is 0.277. The molecule has 7 heavy (non-hydrogen) atoms. The highest BCUT2D eigenvalue weighted by molar-refractivity contribution is 8.32. The molecule has 0 amide bonds. The topological polar surface area (TPSA) is 17.1 Å². The Labute approximate surface area is 53.3 Å². The van der Waals surface area contributed by atoms with Gasteiger partial charge in [-0.15, -0.1) is 0 Å². The highest BCUT2D eigenvalue weighted by Gasteiger charge is 1.89. The number of thioether (sulfide) groups is 1. The molecule has 0 spiro atoms. The number of carbonyl (C=O) groups is 1. The Morgan fingerprint density at radius 3 is 2.57 bits per heavy atom. The van der Waals surface area contributed by atoms with Crippen molar-refractivity contribution in [1.29, 1.82) is 0 Å². The Morgan fingerprint density at radius 1 is 1.86 bits per heavy atom. The zero-order valence-electron chi connectivity index (χ0n) is 4.18. The van der Waals surface area contributed by atoms with Gasteiger partial charge in [0.25, 0.3) is 0 Å². The quantitative estimate of drug-likeness (QED) is 0.586. The molecule has 0 unspecified atom stereocenters. The van der Waals surface area contributed by atoms with E-state index < -0.39 is 0 Å². The Kier molecular flexibility index (Phi) is 4.77. The molecular formula is C4H8OS2. The molecule has 0 N–H and O–H groups in total. The summed E-state index contributed by atoms with van der Waals surface area (Å²) in [4.78, 5) is 10.0. The largest absolute Gasteiger partial charge is 0.275 e. The second kappa shape index (κ2) is 4.53. The van der Waals surface area contributed by atoms with Crippen LogP contribution in [0, 0.1) is 0 Å². The normalized spacial score (nSPS) is 8.86. The fourth-order valence-electron chi connectivity index (χ4n) is 0.189. The van der Waals surface area contributed by atoms with E-state index in [9.17, 15) is 4.79 Å². The van der Waals surface area contributed by atoms with Crippen molar-refractivity contribution in [1.82, 2.24) is 0 Å². The van der Waals surface area contributed by atoms with Crippen molar-refractivity contribution in [3.63, 3.8) is 0 Å². The van der Waals surface area contributed by atoms with Crippen molar-refractivity contribution in [2.75, 3.05) is 5.75 Å². The summed E-state index contributed by atoms with van der Waals surface area (Å²) in [7, 11) is 0. The minimum absolute atomic E-state index is 0.0816. The Morgan fingerprint density at radius 2 is 2.43 bits per heavy atom. The van der Waals surface area contributed by atoms with Crippen LogP contribution in [0.25, 0.3) is 0 Å². The minimum Gasteiger partial charge on any atom is -0.275 e. The van der Waals surface area contributed by atoms with Crippen LogP contribution >= 0.6 is 24.4 Å². The average Bonchev–Trinajstić information content (AvgIpc) is 1.61. The molecule has 0 saturated carbocycles. The molecule has 42 valence electrons. The second-order valence-corrected chi connectivity index (χ2v) is 2.89. The predicted octanol–water partition coefficient (Wildman–Crippen LogP) is 2.18. The second-order valence-electron chi connectivity index (χ2n) is 1.11. The van der Waals surface area contributed by atoms with Crippen LogP contribution in [-0.4, -0.2) is 10.2 Å². The van der Waals surface area contributed by atoms with Crippen LogP contribution in [0.15, 0.2) is 0 Å². The summed E-state index contributed by atoms with van der Waals surface area (Å²) in [6.07, 6.45) is 1.04. The fraction of sp³-hybridized carbons (Fsp3) is 0.750. The lowest BCUT2D eigenvalue weighted by Crippen LogP contribution is -1.76. The predicted molar refractivity (Wildman–Crippen MR) is 37.1 cm³/mol. The van der Waals surface area contributed by atoms with Gasteiger partial charge < -0.3 is 0 Å². The van der Waals surface area contributed by atoms with E-state index in [4.69, 9.17) is 0 Å². The van der Waals surface area contributed by atoms with Gasteiger partial charge in [0.2, 0.25) is 4.45 Å². The molecule has 1 nitrogen and oxygen atoms in total. The summed E-state index contributed by atoms with van der Waals surface area (Å²) in [5.41, 5.74) is 0. The van der Waals surface area contributed by atoms with Gasteiger partial charge in [-0.05, 0) is 6.42 Å². The van der Waals surface area contributed by atoms with Crippen LogP contribution in [-0.2, 0) is 0 Å². The maximum absolute atomic E-state index is 10.0. The standard InChI is InChI=1S/C4H8OS2/c1-2-3-7-4(5)6/h2-3H2,1H3,(H,5,6). The van der Waals surface area contributed by atoms with Gasteiger partial charge in [-0.3, -0.25) is 4.79 Å². The summed E-state index contributed by atoms with van der Waals surface area (Å²) < 4.78 is -0.0816. The Balaban J connectivity index is 2.82. The van der Waals surface area contributed by atoms with Gasteiger partial charge in [-0.2, -0.15) is 0 Å². The molecule has 0 aromatic heterocycles. The first-order chi connectivity index (χ1) is 3.27. The lowest BCUT2D eigenvalue weighted by atomic mass is 10.6. The number of hydrogen-bond acceptors (Lipinski definition) is 2. The zero-order chi connectivity index (χ0) is 5.70. The molecule has 0 aliphatic rings. The third kappa shape index (κ3) is 6.37. The highest BCUT2D eigenvalue weighted by atomic mass is 32.2. The van der Waals surface area contributed by atoms with Crippen LogP contribution in [0.4, 0.5) is 4.79 Å². The molecule has 0 bridgehead atoms. The van der Waals surface area contributed by atoms with Gasteiger partial charge in [0.05, 0.1) is 0 Å². The van der Waals surface area contributed by atoms with Crippen molar-refractivity contribution in [3.05, 3.63) is 0 Å². The van der Waals surface area contributed by atoms with Crippen molar-refractivity contribution in [2.24, 2.45) is 0 Å². The van der Waals surface area contributed by atoms with E-state index in [1.54, 1.807) is 0 Å². The molecule has 0 saturated heterocycles. The smallest absolute Gasteiger partial charge is 0.243 e. The van der Waals surface area contributed by atoms with E-state index in [1.807, 2.05) is 6.92 Å². The SMILES string of the molecule is CCCSC(=O)S. The van der Waals surface area contributed by atoms with Crippen molar-refractivity contribution >= 4 is 28.8 Å². The maximum Gasteiger partial charge on any atom is 0.243 e. The minimum atomic E-state index is -0.0816. The molecule has 0 aliphatic heterocycles. The summed E-state index contributed by atoms with van der Waals surface area (Å²) in [6.45, 7) is 2.03. The molecule has 0 aliphatic carbocycles. The van der Waals surface area contributed by atoms with Gasteiger partial charge in [-0.1, -0.05) is 31.3 Å². The summed E-state index contributed by atoms with van der Waals surface area (Å²) in [5, 5.41) is 0. The number of carbonyl (C=O) groups excluding carboxylic acids is 1. The van der Waals surface area contributed by atoms with E-state index in [0.717, 1.165) is 12.2 Å². The maximum atomic E-state index is 10.0. The van der Waals surface area contributed by atoms with Gasteiger partial charge >= 0.3 is 0 Å². The van der Waals surface area contributed by atoms with Gasteiger partial charge in [-0.25, -0.2) is 0 Å². The monoisotopic (exact) mass is 136 g/mol. The summed E-state index contributed by atoms with van der Waals surface area (Å²) >= 11 is 4.81. The van der Waals surface area contributed by atoms with E-state index >= 15 is 0 Å².